The summed E-state index contributed by atoms with van der Waals surface area (Å²) in [7, 11) is -4.60. The second kappa shape index (κ2) is 7.88. The highest BCUT2D eigenvalue weighted by Crippen LogP contribution is 2.48. The highest BCUT2D eigenvalue weighted by Gasteiger charge is 2.47. The highest BCUT2D eigenvalue weighted by atomic mass is 31.2. The van der Waals surface area contributed by atoms with Crippen LogP contribution in [0.4, 0.5) is 21.8 Å². The summed E-state index contributed by atoms with van der Waals surface area (Å²) in [5.74, 6) is -1.39. The lowest BCUT2D eigenvalue weighted by Crippen LogP contribution is -2.55. The fraction of sp³-hybridized carbons (Fsp3) is 0.412. The van der Waals surface area contributed by atoms with E-state index in [0.29, 0.717) is 12.2 Å². The van der Waals surface area contributed by atoms with Crippen LogP contribution < -0.4 is 26.0 Å². The topological polar surface area (TPSA) is 163 Å². The maximum atomic E-state index is 13.7. The van der Waals surface area contributed by atoms with Gasteiger partial charge in [-0.3, -0.25) is 19.2 Å². The first-order chi connectivity index (χ1) is 14.3. The first-order valence-corrected chi connectivity index (χ1v) is 10.7. The average Bonchev–Trinajstić information content (AvgIpc) is 3.07. The molecule has 0 spiro atoms. The number of aliphatic hydroxyl groups excluding tert-OH is 1. The maximum absolute atomic E-state index is 13.7. The number of aromatic amines is 1. The van der Waals surface area contributed by atoms with E-state index in [1.165, 1.54) is 18.2 Å². The van der Waals surface area contributed by atoms with Crippen LogP contribution in [0, 0.1) is 17.7 Å². The van der Waals surface area contributed by atoms with E-state index in [9.17, 15) is 23.7 Å². The molecule has 1 aliphatic heterocycles. The molecule has 1 aliphatic carbocycles. The van der Waals surface area contributed by atoms with Crippen molar-refractivity contribution < 1.29 is 28.0 Å². The number of halogens is 1. The molecule has 1 aromatic heterocycles. The quantitative estimate of drug-likeness (QED) is 0.390. The van der Waals surface area contributed by atoms with E-state index in [2.05, 4.69) is 15.3 Å². The van der Waals surface area contributed by atoms with Gasteiger partial charge in [-0.1, -0.05) is 12.1 Å². The Kier molecular flexibility index (Phi) is 5.41. The minimum absolute atomic E-state index is 0.0311. The van der Waals surface area contributed by atoms with E-state index in [1.807, 2.05) is 0 Å². The minimum Gasteiger partial charge on any atom is -0.401 e. The summed E-state index contributed by atoms with van der Waals surface area (Å²) in [5, 5.41) is 12.6. The molecule has 1 saturated carbocycles. The summed E-state index contributed by atoms with van der Waals surface area (Å²) in [6.07, 6.45) is 0.559. The molecule has 0 amide bonds. The first kappa shape index (κ1) is 20.6. The number of phosphoric acid groups is 1. The van der Waals surface area contributed by atoms with Gasteiger partial charge in [-0.05, 0) is 24.5 Å². The van der Waals surface area contributed by atoms with Gasteiger partial charge in [-0.25, -0.2) is 8.96 Å². The Hall–Kier alpha value is -2.66. The van der Waals surface area contributed by atoms with Crippen LogP contribution >= 0.6 is 7.82 Å². The number of hydrogen-bond acceptors (Lipinski definition) is 9. The lowest BCUT2D eigenvalue weighted by molar-refractivity contribution is 0.0216. The Labute approximate surface area is 170 Å². The second-order valence-electron chi connectivity index (χ2n) is 7.15. The summed E-state index contributed by atoms with van der Waals surface area (Å²) < 4.78 is 35.9. The lowest BCUT2D eigenvalue weighted by atomic mass is 9.69. The molecule has 4 atom stereocenters. The zero-order valence-electron chi connectivity index (χ0n) is 15.7. The fourth-order valence-corrected chi connectivity index (χ4v) is 4.61. The Bertz CT molecular complexity index is 1050. The highest BCUT2D eigenvalue weighted by molar-refractivity contribution is 7.47. The fourth-order valence-electron chi connectivity index (χ4n) is 3.80. The van der Waals surface area contributed by atoms with Crippen molar-refractivity contribution in [1.82, 2.24) is 9.97 Å². The number of anilines is 3. The average molecular weight is 441 g/mol. The molecule has 4 rings (SSSR count). The number of aromatic nitrogens is 2. The number of phosphoric ester groups is 1. The summed E-state index contributed by atoms with van der Waals surface area (Å²) in [6, 6.07) is 4.96. The lowest BCUT2D eigenvalue weighted by Gasteiger charge is -2.48. The normalized spacial score (nSPS) is 24.5. The van der Waals surface area contributed by atoms with E-state index in [0.717, 1.165) is 6.07 Å². The van der Waals surface area contributed by atoms with Crippen molar-refractivity contribution in [3.8, 4) is 5.75 Å². The third kappa shape index (κ3) is 3.86. The largest absolute Gasteiger partial charge is 0.527 e. The summed E-state index contributed by atoms with van der Waals surface area (Å²) in [4.78, 5) is 30.4. The molecule has 2 aromatic rings. The molecule has 0 bridgehead atoms. The van der Waals surface area contributed by atoms with Crippen LogP contribution in [0.1, 0.15) is 6.42 Å². The van der Waals surface area contributed by atoms with Crippen molar-refractivity contribution in [2.45, 2.75) is 12.5 Å². The molecular weight excluding hydrogens is 420 g/mol. The number of hydrogen-bond donors (Lipinski definition) is 5. The third-order valence-corrected chi connectivity index (χ3v) is 6.28. The van der Waals surface area contributed by atoms with E-state index < -0.39 is 24.9 Å². The van der Waals surface area contributed by atoms with Gasteiger partial charge in [-0.15, -0.1) is 0 Å². The molecule has 6 N–H and O–H groups in total. The van der Waals surface area contributed by atoms with E-state index >= 15 is 0 Å². The summed E-state index contributed by atoms with van der Waals surface area (Å²) >= 11 is 0. The zero-order valence-corrected chi connectivity index (χ0v) is 16.6. The molecule has 2 heterocycles. The van der Waals surface area contributed by atoms with Crippen LogP contribution in [0.3, 0.4) is 0 Å². The molecule has 2 aliphatic rings. The SMILES string of the molecule is Nc1nc2c(c(=O)[nH]1)NCN2[C@@H]1C[C@H](CO)[C@H]1COP(=O)(O)Oc1ccccc1F. The molecule has 162 valence electrons. The van der Waals surface area contributed by atoms with Gasteiger partial charge >= 0.3 is 7.82 Å². The molecule has 1 fully saturated rings. The van der Waals surface area contributed by atoms with Gasteiger partial charge in [0.2, 0.25) is 5.95 Å². The Morgan fingerprint density at radius 2 is 2.17 bits per heavy atom. The third-order valence-electron chi connectivity index (χ3n) is 5.38. The smallest absolute Gasteiger partial charge is 0.401 e. The number of H-pyrrole nitrogens is 1. The number of nitrogen functional groups attached to an aromatic ring is 1. The molecule has 30 heavy (non-hydrogen) atoms. The number of aliphatic hydroxyl groups is 1. The van der Waals surface area contributed by atoms with Gasteiger partial charge < -0.3 is 25.6 Å². The van der Waals surface area contributed by atoms with E-state index in [-0.39, 0.29) is 49.4 Å². The van der Waals surface area contributed by atoms with Crippen LogP contribution in [0.15, 0.2) is 29.1 Å². The molecule has 0 saturated heterocycles. The Morgan fingerprint density at radius 1 is 1.40 bits per heavy atom. The van der Waals surface area contributed by atoms with E-state index in [1.54, 1.807) is 4.90 Å². The van der Waals surface area contributed by atoms with E-state index in [4.69, 9.17) is 14.8 Å². The molecule has 1 unspecified atom stereocenters. The van der Waals surface area contributed by atoms with Gasteiger partial charge in [-0.2, -0.15) is 4.98 Å². The van der Waals surface area contributed by atoms with Gasteiger partial charge in [0.1, 0.15) is 5.69 Å². The molecule has 11 nitrogen and oxygen atoms in total. The zero-order chi connectivity index (χ0) is 21.5. The molecular formula is C17H21FN5O6P. The predicted molar refractivity (Wildman–Crippen MR) is 106 cm³/mol. The van der Waals surface area contributed by atoms with Crippen molar-refractivity contribution in [2.24, 2.45) is 11.8 Å². The van der Waals surface area contributed by atoms with Crippen molar-refractivity contribution in [3.63, 3.8) is 0 Å². The molecule has 1 aromatic carbocycles. The van der Waals surface area contributed by atoms with Crippen LogP contribution in [-0.4, -0.2) is 45.9 Å². The number of para-hydroxylation sites is 1. The van der Waals surface area contributed by atoms with Gasteiger partial charge in [0, 0.05) is 18.6 Å². The van der Waals surface area contributed by atoms with Crippen molar-refractivity contribution in [1.29, 1.82) is 0 Å². The number of nitrogens with one attached hydrogen (secondary N) is 2. The maximum Gasteiger partial charge on any atom is 0.527 e. The number of nitrogens with two attached hydrogens (primary N) is 1. The van der Waals surface area contributed by atoms with Gasteiger partial charge in [0.15, 0.2) is 17.4 Å². The summed E-state index contributed by atoms with van der Waals surface area (Å²) in [5.41, 5.74) is 5.53. The van der Waals surface area contributed by atoms with Gasteiger partial charge in [0.25, 0.3) is 5.56 Å². The first-order valence-electron chi connectivity index (χ1n) is 9.21. The van der Waals surface area contributed by atoms with Crippen LogP contribution in [0.2, 0.25) is 0 Å². The Morgan fingerprint density at radius 3 is 2.90 bits per heavy atom. The number of nitrogens with zero attached hydrogens (tertiary/aromatic N) is 2. The van der Waals surface area contributed by atoms with Crippen molar-refractivity contribution in [3.05, 3.63) is 40.4 Å². The predicted octanol–water partition coefficient (Wildman–Crippen LogP) is 0.874. The van der Waals surface area contributed by atoms with Crippen LogP contribution in [0.5, 0.6) is 5.75 Å². The molecule has 0 radical (unpaired) electrons. The number of fused-ring (bicyclic) bond motifs is 1. The number of benzene rings is 1. The minimum atomic E-state index is -4.60. The van der Waals surface area contributed by atoms with Gasteiger partial charge in [0.05, 0.1) is 13.3 Å². The Balaban J connectivity index is 1.47. The van der Waals surface area contributed by atoms with Crippen LogP contribution in [-0.2, 0) is 9.09 Å². The number of rotatable bonds is 7. The van der Waals surface area contributed by atoms with Crippen LogP contribution in [0.25, 0.3) is 0 Å². The summed E-state index contributed by atoms with van der Waals surface area (Å²) in [6.45, 7) is -0.0766. The monoisotopic (exact) mass is 441 g/mol. The van der Waals surface area contributed by atoms with Crippen molar-refractivity contribution >= 4 is 25.3 Å². The second-order valence-corrected chi connectivity index (χ2v) is 8.53. The van der Waals surface area contributed by atoms with Crippen molar-refractivity contribution in [2.75, 3.05) is 35.8 Å². The standard InChI is InChI=1S/C17H21FN5O6P/c18-11-3-1-2-4-13(11)29-30(26,27)28-7-10-9(6-24)5-12(10)23-8-20-14-15(23)21-17(19)22-16(14)25/h1-4,9-10,12,20,24H,5-8H2,(H,26,27)(H3,19,21,22,25)/t9-,10-,12-/m1/s1. The molecule has 13 heteroatoms.